The van der Waals surface area contributed by atoms with Crippen molar-refractivity contribution in [3.8, 4) is 0 Å². The number of nitrogens with one attached hydrogen (secondary N) is 1. The van der Waals surface area contributed by atoms with Crippen LogP contribution in [-0.4, -0.2) is 20.5 Å². The molecule has 0 radical (unpaired) electrons. The summed E-state index contributed by atoms with van der Waals surface area (Å²) in [5.41, 5.74) is 1.70. The second-order valence-corrected chi connectivity index (χ2v) is 5.08. The normalized spacial score (nSPS) is 11.8. The summed E-state index contributed by atoms with van der Waals surface area (Å²) in [5, 5.41) is 7.12. The first kappa shape index (κ1) is 11.6. The molecule has 0 saturated carbocycles. The fourth-order valence-electron chi connectivity index (χ4n) is 1.52. The number of hydrogen-bond donors (Lipinski definition) is 1. The average Bonchev–Trinajstić information content (AvgIpc) is 2.55. The van der Waals surface area contributed by atoms with E-state index in [1.54, 1.807) is 10.7 Å². The van der Waals surface area contributed by atoms with Crippen molar-refractivity contribution >= 4 is 17.4 Å². The van der Waals surface area contributed by atoms with Gasteiger partial charge in [0.1, 0.15) is 0 Å². The maximum Gasteiger partial charge on any atom is 0.222 e. The predicted octanol–water partition coefficient (Wildman–Crippen LogP) is 1.99. The highest BCUT2D eigenvalue weighted by atomic mass is 16.1. The third-order valence-electron chi connectivity index (χ3n) is 2.39. The minimum absolute atomic E-state index is 0.00731. The Morgan fingerprint density at radius 2 is 2.06 bits per heavy atom. The van der Waals surface area contributed by atoms with Crippen molar-refractivity contribution in [1.82, 2.24) is 14.6 Å². The van der Waals surface area contributed by atoms with E-state index in [0.29, 0.717) is 5.82 Å². The average molecular weight is 232 g/mol. The van der Waals surface area contributed by atoms with Gasteiger partial charge in [0.05, 0.1) is 11.9 Å². The number of imidazole rings is 1. The van der Waals surface area contributed by atoms with Gasteiger partial charge in [-0.2, -0.15) is 5.10 Å². The summed E-state index contributed by atoms with van der Waals surface area (Å²) in [6, 6.07) is 3.86. The molecule has 17 heavy (non-hydrogen) atoms. The van der Waals surface area contributed by atoms with E-state index < -0.39 is 0 Å². The number of carbonyl (C=O) groups excluding carboxylic acids is 1. The Bertz CT molecular complexity index is 565. The van der Waals surface area contributed by atoms with Gasteiger partial charge in [0.15, 0.2) is 11.5 Å². The van der Waals surface area contributed by atoms with Crippen LogP contribution in [0.1, 0.15) is 33.4 Å². The number of aromatic nitrogens is 3. The summed E-state index contributed by atoms with van der Waals surface area (Å²) in [7, 11) is 0. The van der Waals surface area contributed by atoms with Crippen LogP contribution in [0.3, 0.4) is 0 Å². The molecule has 0 aliphatic heterocycles. The highest BCUT2D eigenvalue weighted by Gasteiger charge is 2.16. The van der Waals surface area contributed by atoms with E-state index in [4.69, 9.17) is 0 Å². The molecule has 0 aliphatic carbocycles. The van der Waals surface area contributed by atoms with Crippen LogP contribution >= 0.6 is 0 Å². The van der Waals surface area contributed by atoms with Crippen LogP contribution < -0.4 is 5.32 Å². The van der Waals surface area contributed by atoms with E-state index in [-0.39, 0.29) is 11.3 Å². The monoisotopic (exact) mass is 232 g/mol. The van der Waals surface area contributed by atoms with Gasteiger partial charge in [-0.1, -0.05) is 20.8 Å². The molecule has 0 saturated heterocycles. The minimum atomic E-state index is -0.135. The van der Waals surface area contributed by atoms with E-state index in [2.05, 4.69) is 36.2 Å². The van der Waals surface area contributed by atoms with Crippen LogP contribution in [0.25, 0.3) is 5.65 Å². The summed E-state index contributed by atoms with van der Waals surface area (Å²) < 4.78 is 1.69. The molecule has 5 nitrogen and oxygen atoms in total. The maximum atomic E-state index is 10.9. The molecule has 2 rings (SSSR count). The van der Waals surface area contributed by atoms with Crippen LogP contribution in [0, 0.1) is 0 Å². The molecule has 90 valence electrons. The summed E-state index contributed by atoms with van der Waals surface area (Å²) in [5.74, 6) is 0.389. The molecule has 0 atom stereocenters. The zero-order valence-electron chi connectivity index (χ0n) is 10.5. The fraction of sp³-hybridized carbons (Fsp3) is 0.417. The molecule has 1 N–H and O–H groups in total. The van der Waals surface area contributed by atoms with E-state index in [1.165, 1.54) is 6.92 Å². The highest BCUT2D eigenvalue weighted by molar-refractivity contribution is 5.87. The number of anilines is 1. The van der Waals surface area contributed by atoms with Gasteiger partial charge in [-0.25, -0.2) is 9.50 Å². The van der Waals surface area contributed by atoms with Crippen molar-refractivity contribution in [2.75, 3.05) is 5.32 Å². The Balaban J connectivity index is 2.44. The van der Waals surface area contributed by atoms with E-state index in [1.807, 2.05) is 12.1 Å². The molecule has 0 bridgehead atoms. The largest absolute Gasteiger partial charge is 0.310 e. The molecule has 0 fully saturated rings. The summed E-state index contributed by atoms with van der Waals surface area (Å²) in [4.78, 5) is 15.2. The lowest BCUT2D eigenvalue weighted by Crippen LogP contribution is -2.15. The third kappa shape index (κ3) is 2.43. The molecule has 2 aromatic rings. The topological polar surface area (TPSA) is 59.3 Å². The zero-order valence-corrected chi connectivity index (χ0v) is 10.5. The number of amides is 1. The van der Waals surface area contributed by atoms with Gasteiger partial charge < -0.3 is 5.32 Å². The second kappa shape index (κ2) is 3.84. The Morgan fingerprint density at radius 1 is 1.35 bits per heavy atom. The SMILES string of the molecule is CC(=O)Nc1cn2nc(C(C)(C)C)ccc2n1. The lowest BCUT2D eigenvalue weighted by Gasteiger charge is -2.16. The fourth-order valence-corrected chi connectivity index (χ4v) is 1.52. The first-order valence-electron chi connectivity index (χ1n) is 5.51. The standard InChI is InChI=1S/C12H16N4O/c1-8(17)13-10-7-16-11(14-10)6-5-9(15-16)12(2,3)4/h5-7H,1-4H3,(H,13,17). The zero-order chi connectivity index (χ0) is 12.6. The summed E-state index contributed by atoms with van der Waals surface area (Å²) >= 11 is 0. The molecule has 1 amide bonds. The number of rotatable bonds is 1. The molecule has 5 heteroatoms. The summed E-state index contributed by atoms with van der Waals surface area (Å²) in [6.07, 6.45) is 1.71. The van der Waals surface area contributed by atoms with Crippen molar-refractivity contribution in [2.45, 2.75) is 33.1 Å². The number of fused-ring (bicyclic) bond motifs is 1. The van der Waals surface area contributed by atoms with Crippen molar-refractivity contribution < 1.29 is 4.79 Å². The lowest BCUT2D eigenvalue weighted by molar-refractivity contribution is -0.114. The minimum Gasteiger partial charge on any atom is -0.310 e. The quantitative estimate of drug-likeness (QED) is 0.818. The lowest BCUT2D eigenvalue weighted by atomic mass is 9.92. The third-order valence-corrected chi connectivity index (χ3v) is 2.39. The predicted molar refractivity (Wildman–Crippen MR) is 66.0 cm³/mol. The molecular formula is C12H16N4O. The van der Waals surface area contributed by atoms with Crippen molar-refractivity contribution in [3.05, 3.63) is 24.0 Å². The molecule has 0 aromatic carbocycles. The molecule has 0 spiro atoms. The van der Waals surface area contributed by atoms with Crippen LogP contribution in [-0.2, 0) is 10.2 Å². The Hall–Kier alpha value is -1.91. The second-order valence-electron chi connectivity index (χ2n) is 5.08. The van der Waals surface area contributed by atoms with Crippen LogP contribution in [0.5, 0.6) is 0 Å². The van der Waals surface area contributed by atoms with Gasteiger partial charge in [0.2, 0.25) is 5.91 Å². The van der Waals surface area contributed by atoms with Gasteiger partial charge in [0.25, 0.3) is 0 Å². The van der Waals surface area contributed by atoms with Gasteiger partial charge in [-0.3, -0.25) is 4.79 Å². The van der Waals surface area contributed by atoms with Gasteiger partial charge >= 0.3 is 0 Å². The molecule has 2 aromatic heterocycles. The van der Waals surface area contributed by atoms with Crippen LogP contribution in [0.15, 0.2) is 18.3 Å². The van der Waals surface area contributed by atoms with E-state index in [9.17, 15) is 4.79 Å². The first-order chi connectivity index (χ1) is 7.86. The molecule has 0 aliphatic rings. The Kier molecular flexibility index (Phi) is 2.61. The highest BCUT2D eigenvalue weighted by Crippen LogP contribution is 2.20. The van der Waals surface area contributed by atoms with E-state index in [0.717, 1.165) is 11.3 Å². The number of hydrogen-bond acceptors (Lipinski definition) is 3. The van der Waals surface area contributed by atoms with Crippen LogP contribution in [0.2, 0.25) is 0 Å². The van der Waals surface area contributed by atoms with Gasteiger partial charge in [-0.05, 0) is 12.1 Å². The van der Waals surface area contributed by atoms with Gasteiger partial charge in [0, 0.05) is 12.3 Å². The van der Waals surface area contributed by atoms with Crippen molar-refractivity contribution in [1.29, 1.82) is 0 Å². The van der Waals surface area contributed by atoms with Crippen molar-refractivity contribution in [2.24, 2.45) is 0 Å². The molecule has 0 unspecified atom stereocenters. The smallest absolute Gasteiger partial charge is 0.222 e. The molecule has 2 heterocycles. The number of carbonyl (C=O) groups is 1. The van der Waals surface area contributed by atoms with Gasteiger partial charge in [-0.15, -0.1) is 0 Å². The van der Waals surface area contributed by atoms with Crippen LogP contribution in [0.4, 0.5) is 5.82 Å². The first-order valence-corrected chi connectivity index (χ1v) is 5.51. The maximum absolute atomic E-state index is 10.9. The number of nitrogens with zero attached hydrogens (tertiary/aromatic N) is 3. The van der Waals surface area contributed by atoms with Crippen molar-refractivity contribution in [3.63, 3.8) is 0 Å². The Labute approximate surface area is 99.9 Å². The van der Waals surface area contributed by atoms with E-state index >= 15 is 0 Å². The Morgan fingerprint density at radius 3 is 2.65 bits per heavy atom. The molecular weight excluding hydrogens is 216 g/mol. The summed E-state index contributed by atoms with van der Waals surface area (Å²) in [6.45, 7) is 7.77.